The van der Waals surface area contributed by atoms with E-state index in [9.17, 15) is 0 Å². The Labute approximate surface area is 103 Å². The van der Waals surface area contributed by atoms with Crippen LogP contribution in [0, 0.1) is 6.92 Å². The summed E-state index contributed by atoms with van der Waals surface area (Å²) in [7, 11) is 0. The Bertz CT molecular complexity index is 578. The molecule has 0 amide bonds. The van der Waals surface area contributed by atoms with Crippen molar-refractivity contribution in [2.75, 3.05) is 0 Å². The molecule has 0 atom stereocenters. The number of hydrogen-bond donors (Lipinski definition) is 0. The predicted molar refractivity (Wildman–Crippen MR) is 69.3 cm³/mol. The van der Waals surface area contributed by atoms with E-state index in [0.717, 1.165) is 28.0 Å². The van der Waals surface area contributed by atoms with Crippen LogP contribution in [0.3, 0.4) is 0 Å². The van der Waals surface area contributed by atoms with E-state index in [2.05, 4.69) is 40.2 Å². The van der Waals surface area contributed by atoms with Gasteiger partial charge < -0.3 is 4.42 Å². The molecule has 16 heavy (non-hydrogen) atoms. The van der Waals surface area contributed by atoms with Gasteiger partial charge in [0, 0.05) is 10.0 Å². The summed E-state index contributed by atoms with van der Waals surface area (Å²) in [6.07, 6.45) is 5.39. The lowest BCUT2D eigenvalue weighted by molar-refractivity contribution is 0.548. The van der Waals surface area contributed by atoms with E-state index in [0.29, 0.717) is 0 Å². The van der Waals surface area contributed by atoms with Crippen molar-refractivity contribution in [2.24, 2.45) is 0 Å². The zero-order valence-corrected chi connectivity index (χ0v) is 10.5. The minimum atomic E-state index is 0.924. The maximum Gasteiger partial charge on any atom is 0.135 e. The minimum Gasteiger partial charge on any atom is -0.461 e. The Morgan fingerprint density at radius 1 is 1.25 bits per heavy atom. The molecule has 1 aliphatic rings. The number of hydrogen-bond acceptors (Lipinski definition) is 1. The predicted octanol–water partition coefficient (Wildman–Crippen LogP) is 4.59. The third-order valence-electron chi connectivity index (χ3n) is 2.87. The van der Waals surface area contributed by atoms with Crippen LogP contribution in [0.15, 0.2) is 39.2 Å². The number of allylic oxidation sites excluding steroid dienone is 1. The highest BCUT2D eigenvalue weighted by atomic mass is 79.9. The third kappa shape index (κ3) is 1.54. The minimum absolute atomic E-state index is 0.924. The molecule has 0 radical (unpaired) electrons. The molecule has 3 rings (SSSR count). The van der Waals surface area contributed by atoms with Crippen LogP contribution < -0.4 is 0 Å². The van der Waals surface area contributed by atoms with E-state index in [1.54, 1.807) is 0 Å². The molecule has 0 fully saturated rings. The summed E-state index contributed by atoms with van der Waals surface area (Å²) in [5, 5.41) is 0. The van der Waals surface area contributed by atoms with E-state index in [1.165, 1.54) is 11.1 Å². The first-order valence-corrected chi connectivity index (χ1v) is 6.09. The first-order valence-electron chi connectivity index (χ1n) is 5.30. The molecule has 1 heterocycles. The van der Waals surface area contributed by atoms with Crippen molar-refractivity contribution < 1.29 is 4.42 Å². The lowest BCUT2D eigenvalue weighted by atomic mass is 10.0. The smallest absolute Gasteiger partial charge is 0.135 e. The summed E-state index contributed by atoms with van der Waals surface area (Å²) in [6, 6.07) is 8.37. The van der Waals surface area contributed by atoms with Gasteiger partial charge in [0.15, 0.2) is 0 Å². The largest absolute Gasteiger partial charge is 0.461 e. The number of halogens is 1. The van der Waals surface area contributed by atoms with Crippen LogP contribution in [0.5, 0.6) is 0 Å². The molecule has 0 saturated heterocycles. The molecule has 0 N–H and O–H groups in total. The monoisotopic (exact) mass is 274 g/mol. The van der Waals surface area contributed by atoms with E-state index in [-0.39, 0.29) is 0 Å². The lowest BCUT2D eigenvalue weighted by Crippen LogP contribution is -1.85. The Hall–Kier alpha value is -1.28. The van der Waals surface area contributed by atoms with Gasteiger partial charge in [0.05, 0.1) is 0 Å². The van der Waals surface area contributed by atoms with E-state index >= 15 is 0 Å². The van der Waals surface area contributed by atoms with Crippen molar-refractivity contribution in [3.63, 3.8) is 0 Å². The van der Waals surface area contributed by atoms with Gasteiger partial charge in [-0.25, -0.2) is 0 Å². The molecule has 0 saturated carbocycles. The molecule has 80 valence electrons. The summed E-state index contributed by atoms with van der Waals surface area (Å²) in [5.41, 5.74) is 3.80. The van der Waals surface area contributed by atoms with Gasteiger partial charge in [0.1, 0.15) is 11.5 Å². The van der Waals surface area contributed by atoms with Crippen molar-refractivity contribution in [3.05, 3.63) is 51.7 Å². The Kier molecular flexibility index (Phi) is 2.25. The number of benzene rings is 1. The van der Waals surface area contributed by atoms with Crippen LogP contribution in [-0.2, 0) is 6.42 Å². The van der Waals surface area contributed by atoms with Crippen LogP contribution in [0.2, 0.25) is 0 Å². The van der Waals surface area contributed by atoms with Gasteiger partial charge in [-0.2, -0.15) is 0 Å². The molecule has 0 spiro atoms. The first kappa shape index (κ1) is 9.91. The summed E-state index contributed by atoms with van der Waals surface area (Å²) >= 11 is 3.61. The number of rotatable bonds is 1. The highest BCUT2D eigenvalue weighted by Crippen LogP contribution is 2.34. The standard InChI is InChI=1S/C14H11BrO/c1-9-5-6-14(16-9)12-7-10-3-2-4-11(10)8-13(12)15/h2-3,5-8H,4H2,1H3. The van der Waals surface area contributed by atoms with Gasteiger partial charge >= 0.3 is 0 Å². The fourth-order valence-electron chi connectivity index (χ4n) is 2.04. The molecule has 0 aliphatic heterocycles. The van der Waals surface area contributed by atoms with Gasteiger partial charge in [0.2, 0.25) is 0 Å². The molecule has 1 aromatic heterocycles. The van der Waals surface area contributed by atoms with Gasteiger partial charge in [-0.05, 0) is 48.7 Å². The summed E-state index contributed by atoms with van der Waals surface area (Å²) in [4.78, 5) is 0. The van der Waals surface area contributed by atoms with E-state index < -0.39 is 0 Å². The second kappa shape index (κ2) is 3.63. The molecule has 1 nitrogen and oxygen atoms in total. The third-order valence-corrected chi connectivity index (χ3v) is 3.53. The first-order chi connectivity index (χ1) is 7.74. The van der Waals surface area contributed by atoms with Crippen molar-refractivity contribution in [1.29, 1.82) is 0 Å². The average molecular weight is 275 g/mol. The van der Waals surface area contributed by atoms with Gasteiger partial charge in [-0.15, -0.1) is 0 Å². The maximum atomic E-state index is 5.66. The highest BCUT2D eigenvalue weighted by molar-refractivity contribution is 9.10. The Morgan fingerprint density at radius 2 is 2.12 bits per heavy atom. The SMILES string of the molecule is Cc1ccc(-c2cc3c(cc2Br)CC=C3)o1. The zero-order chi connectivity index (χ0) is 11.1. The van der Waals surface area contributed by atoms with Crippen LogP contribution in [0.25, 0.3) is 17.4 Å². The van der Waals surface area contributed by atoms with Crippen LogP contribution in [0.4, 0.5) is 0 Å². The summed E-state index contributed by atoms with van der Waals surface area (Å²) < 4.78 is 6.76. The number of furan rings is 1. The Morgan fingerprint density at radius 3 is 2.88 bits per heavy atom. The molecular weight excluding hydrogens is 264 g/mol. The van der Waals surface area contributed by atoms with Crippen LogP contribution >= 0.6 is 15.9 Å². The Balaban J connectivity index is 2.17. The van der Waals surface area contributed by atoms with Crippen LogP contribution in [-0.4, -0.2) is 0 Å². The van der Waals surface area contributed by atoms with E-state index in [1.807, 2.05) is 19.1 Å². The maximum absolute atomic E-state index is 5.66. The summed E-state index contributed by atoms with van der Waals surface area (Å²) in [6.45, 7) is 1.96. The van der Waals surface area contributed by atoms with Crippen LogP contribution in [0.1, 0.15) is 16.9 Å². The highest BCUT2D eigenvalue weighted by Gasteiger charge is 2.12. The van der Waals surface area contributed by atoms with Crippen molar-refractivity contribution in [1.82, 2.24) is 0 Å². The van der Waals surface area contributed by atoms with Crippen molar-refractivity contribution in [2.45, 2.75) is 13.3 Å². The van der Waals surface area contributed by atoms with Crippen molar-refractivity contribution >= 4 is 22.0 Å². The number of fused-ring (bicyclic) bond motifs is 1. The summed E-state index contributed by atoms with van der Waals surface area (Å²) in [5.74, 6) is 1.87. The van der Waals surface area contributed by atoms with Gasteiger partial charge in [0.25, 0.3) is 0 Å². The average Bonchev–Trinajstić information content (AvgIpc) is 2.84. The molecule has 2 aromatic rings. The zero-order valence-electron chi connectivity index (χ0n) is 8.96. The normalized spacial score (nSPS) is 13.1. The molecule has 2 heteroatoms. The lowest BCUT2D eigenvalue weighted by Gasteiger charge is -2.05. The molecule has 1 aromatic carbocycles. The molecular formula is C14H11BrO. The fraction of sp³-hybridized carbons (Fsp3) is 0.143. The fourth-order valence-corrected chi connectivity index (χ4v) is 2.63. The van der Waals surface area contributed by atoms with Gasteiger partial charge in [-0.3, -0.25) is 0 Å². The molecule has 0 unspecified atom stereocenters. The van der Waals surface area contributed by atoms with Gasteiger partial charge in [-0.1, -0.05) is 28.1 Å². The number of aryl methyl sites for hydroxylation is 1. The van der Waals surface area contributed by atoms with E-state index in [4.69, 9.17) is 4.42 Å². The second-order valence-corrected chi connectivity index (χ2v) is 4.90. The quantitative estimate of drug-likeness (QED) is 0.742. The van der Waals surface area contributed by atoms with Crippen molar-refractivity contribution in [3.8, 4) is 11.3 Å². The molecule has 1 aliphatic carbocycles. The second-order valence-electron chi connectivity index (χ2n) is 4.05. The topological polar surface area (TPSA) is 13.1 Å². The molecule has 0 bridgehead atoms.